The summed E-state index contributed by atoms with van der Waals surface area (Å²) in [6.07, 6.45) is 4.82. The first-order chi connectivity index (χ1) is 13.0. The van der Waals surface area contributed by atoms with Gasteiger partial charge in [-0.2, -0.15) is 0 Å². The molecule has 0 radical (unpaired) electrons. The Balaban J connectivity index is 1.57. The Labute approximate surface area is 156 Å². The lowest BCUT2D eigenvalue weighted by Gasteiger charge is -2.26. The largest absolute Gasteiger partial charge is 0.384 e. The normalized spacial score (nSPS) is 17.0. The Morgan fingerprint density at radius 3 is 2.37 bits per heavy atom. The van der Waals surface area contributed by atoms with E-state index < -0.39 is 17.4 Å². The summed E-state index contributed by atoms with van der Waals surface area (Å²) in [5.41, 5.74) is 7.49. The second-order valence-electron chi connectivity index (χ2n) is 7.09. The average molecular weight is 366 g/mol. The molecule has 1 aromatic heterocycles. The molecule has 7 nitrogen and oxygen atoms in total. The minimum Gasteiger partial charge on any atom is -0.384 e. The molecule has 2 aromatic rings. The smallest absolute Gasteiger partial charge is 0.262 e. The number of benzene rings is 1. The summed E-state index contributed by atoms with van der Waals surface area (Å²) >= 11 is 0. The van der Waals surface area contributed by atoms with Crippen molar-refractivity contribution in [3.63, 3.8) is 0 Å². The number of nitrogens with one attached hydrogen (secondary N) is 1. The molecular formula is C20H22N4O3. The Bertz CT molecular complexity index is 956. The van der Waals surface area contributed by atoms with E-state index in [9.17, 15) is 14.4 Å². The molecule has 3 heterocycles. The number of piperidine rings is 1. The number of rotatable bonds is 4. The highest BCUT2D eigenvalue weighted by Crippen LogP contribution is 2.23. The lowest BCUT2D eigenvalue weighted by molar-refractivity contribution is 0.0880. The molecule has 1 fully saturated rings. The SMILES string of the molecule is Nc1c2c(cc(=O)n1-c1ccc(CCN3CCCCC3)cc1)C(=O)NC2=O. The first-order valence-corrected chi connectivity index (χ1v) is 9.27. The Hall–Kier alpha value is -2.93. The van der Waals surface area contributed by atoms with E-state index >= 15 is 0 Å². The number of nitrogens with two attached hydrogens (primary N) is 1. The number of amides is 2. The standard InChI is InChI=1S/C20H22N4O3/c21-18-17-15(19(26)22-20(17)27)12-16(25)24(18)14-6-4-13(5-7-14)8-11-23-9-2-1-3-10-23/h4-7,12H,1-3,8-11,21H2,(H,22,26,27). The number of carbonyl (C=O) groups is 2. The number of nitrogens with zero attached hydrogens (tertiary/aromatic N) is 2. The third-order valence-corrected chi connectivity index (χ3v) is 5.31. The lowest BCUT2D eigenvalue weighted by atomic mass is 10.1. The highest BCUT2D eigenvalue weighted by Gasteiger charge is 2.31. The van der Waals surface area contributed by atoms with Crippen LogP contribution in [0, 0.1) is 0 Å². The fourth-order valence-electron chi connectivity index (χ4n) is 3.83. The predicted molar refractivity (Wildman–Crippen MR) is 102 cm³/mol. The molecule has 2 aliphatic rings. The summed E-state index contributed by atoms with van der Waals surface area (Å²) in [4.78, 5) is 38.6. The van der Waals surface area contributed by atoms with Crippen molar-refractivity contribution in [3.05, 3.63) is 57.4 Å². The van der Waals surface area contributed by atoms with Crippen molar-refractivity contribution in [1.82, 2.24) is 14.8 Å². The maximum absolute atomic E-state index is 12.5. The number of hydrogen-bond donors (Lipinski definition) is 2. The van der Waals surface area contributed by atoms with Gasteiger partial charge in [0.1, 0.15) is 5.82 Å². The van der Waals surface area contributed by atoms with Gasteiger partial charge in [-0.3, -0.25) is 24.3 Å². The van der Waals surface area contributed by atoms with E-state index in [0.717, 1.165) is 19.0 Å². The van der Waals surface area contributed by atoms with Crippen molar-refractivity contribution >= 4 is 17.6 Å². The van der Waals surface area contributed by atoms with Crippen LogP contribution in [-0.4, -0.2) is 40.9 Å². The third kappa shape index (κ3) is 3.26. The number of anilines is 1. The van der Waals surface area contributed by atoms with Crippen molar-refractivity contribution in [2.45, 2.75) is 25.7 Å². The van der Waals surface area contributed by atoms with E-state index in [1.165, 1.54) is 42.5 Å². The number of nitrogen functional groups attached to an aromatic ring is 1. The van der Waals surface area contributed by atoms with Gasteiger partial charge in [-0.1, -0.05) is 18.6 Å². The van der Waals surface area contributed by atoms with E-state index in [1.807, 2.05) is 24.3 Å². The van der Waals surface area contributed by atoms with E-state index in [2.05, 4.69) is 10.2 Å². The molecule has 3 N–H and O–H groups in total. The van der Waals surface area contributed by atoms with Crippen LogP contribution in [0.1, 0.15) is 45.5 Å². The van der Waals surface area contributed by atoms with Crippen molar-refractivity contribution in [2.75, 3.05) is 25.4 Å². The summed E-state index contributed by atoms with van der Waals surface area (Å²) in [6.45, 7) is 3.36. The highest BCUT2D eigenvalue weighted by atomic mass is 16.2. The molecule has 2 amide bonds. The predicted octanol–water partition coefficient (Wildman–Crippen LogP) is 1.33. The second kappa shape index (κ2) is 7.00. The fraction of sp³-hybridized carbons (Fsp3) is 0.350. The van der Waals surface area contributed by atoms with Crippen LogP contribution in [0.2, 0.25) is 0 Å². The Morgan fingerprint density at radius 1 is 0.963 bits per heavy atom. The molecule has 0 aliphatic carbocycles. The van der Waals surface area contributed by atoms with Crippen LogP contribution in [0.15, 0.2) is 35.1 Å². The molecule has 7 heteroatoms. The van der Waals surface area contributed by atoms with Gasteiger partial charge in [-0.05, 0) is 50.0 Å². The average Bonchev–Trinajstić information content (AvgIpc) is 2.95. The van der Waals surface area contributed by atoms with Gasteiger partial charge in [0.2, 0.25) is 0 Å². The van der Waals surface area contributed by atoms with E-state index in [1.54, 1.807) is 0 Å². The molecule has 0 unspecified atom stereocenters. The summed E-state index contributed by atoms with van der Waals surface area (Å²) in [5.74, 6) is -1.17. The number of likely N-dealkylation sites (tertiary alicyclic amines) is 1. The Morgan fingerprint density at radius 2 is 1.67 bits per heavy atom. The maximum atomic E-state index is 12.5. The number of pyridine rings is 1. The topological polar surface area (TPSA) is 97.4 Å². The maximum Gasteiger partial charge on any atom is 0.262 e. The van der Waals surface area contributed by atoms with E-state index in [0.29, 0.717) is 5.69 Å². The number of aromatic nitrogens is 1. The van der Waals surface area contributed by atoms with Crippen LogP contribution in [-0.2, 0) is 6.42 Å². The minimum atomic E-state index is -0.584. The molecular weight excluding hydrogens is 344 g/mol. The van der Waals surface area contributed by atoms with Gasteiger partial charge in [0.05, 0.1) is 16.8 Å². The molecule has 4 rings (SSSR count). The minimum absolute atomic E-state index is 0.0121. The third-order valence-electron chi connectivity index (χ3n) is 5.31. The molecule has 2 aliphatic heterocycles. The first kappa shape index (κ1) is 17.5. The van der Waals surface area contributed by atoms with Gasteiger partial charge >= 0.3 is 0 Å². The highest BCUT2D eigenvalue weighted by molar-refractivity contribution is 6.23. The van der Waals surface area contributed by atoms with E-state index in [4.69, 9.17) is 5.73 Å². The second-order valence-corrected chi connectivity index (χ2v) is 7.09. The van der Waals surface area contributed by atoms with Gasteiger partial charge in [0.25, 0.3) is 17.4 Å². The molecule has 1 aromatic carbocycles. The summed E-state index contributed by atoms with van der Waals surface area (Å²) in [7, 11) is 0. The summed E-state index contributed by atoms with van der Waals surface area (Å²) in [6, 6.07) is 8.76. The molecule has 0 bridgehead atoms. The van der Waals surface area contributed by atoms with Crippen molar-refractivity contribution in [1.29, 1.82) is 0 Å². The van der Waals surface area contributed by atoms with Crippen LogP contribution >= 0.6 is 0 Å². The molecule has 27 heavy (non-hydrogen) atoms. The zero-order chi connectivity index (χ0) is 19.0. The number of fused-ring (bicyclic) bond motifs is 1. The molecule has 0 atom stereocenters. The molecule has 1 saturated heterocycles. The molecule has 0 saturated carbocycles. The summed E-state index contributed by atoms with van der Waals surface area (Å²) < 4.78 is 1.27. The number of carbonyl (C=O) groups excluding carboxylic acids is 2. The van der Waals surface area contributed by atoms with Crippen LogP contribution in [0.4, 0.5) is 5.82 Å². The number of imide groups is 1. The lowest BCUT2D eigenvalue weighted by Crippen LogP contribution is -2.31. The van der Waals surface area contributed by atoms with Crippen LogP contribution < -0.4 is 16.6 Å². The van der Waals surface area contributed by atoms with Gasteiger partial charge in [-0.15, -0.1) is 0 Å². The van der Waals surface area contributed by atoms with Gasteiger partial charge in [0, 0.05) is 12.6 Å². The van der Waals surface area contributed by atoms with Crippen LogP contribution in [0.25, 0.3) is 5.69 Å². The van der Waals surface area contributed by atoms with Gasteiger partial charge in [0.15, 0.2) is 0 Å². The van der Waals surface area contributed by atoms with Crippen molar-refractivity contribution in [3.8, 4) is 5.69 Å². The summed E-state index contributed by atoms with van der Waals surface area (Å²) in [5, 5.41) is 2.17. The fourth-order valence-corrected chi connectivity index (χ4v) is 3.83. The van der Waals surface area contributed by atoms with Crippen molar-refractivity contribution in [2.24, 2.45) is 0 Å². The molecule has 140 valence electrons. The first-order valence-electron chi connectivity index (χ1n) is 9.27. The van der Waals surface area contributed by atoms with Crippen LogP contribution in [0.3, 0.4) is 0 Å². The van der Waals surface area contributed by atoms with Gasteiger partial charge in [-0.25, -0.2) is 0 Å². The Kier molecular flexibility index (Phi) is 4.53. The quantitative estimate of drug-likeness (QED) is 0.796. The van der Waals surface area contributed by atoms with E-state index in [-0.39, 0.29) is 16.9 Å². The molecule has 0 spiro atoms. The zero-order valence-corrected chi connectivity index (χ0v) is 15.0. The number of hydrogen-bond acceptors (Lipinski definition) is 5. The van der Waals surface area contributed by atoms with Crippen molar-refractivity contribution < 1.29 is 9.59 Å². The monoisotopic (exact) mass is 366 g/mol. The van der Waals surface area contributed by atoms with Gasteiger partial charge < -0.3 is 10.6 Å². The zero-order valence-electron chi connectivity index (χ0n) is 15.0. The van der Waals surface area contributed by atoms with Crippen LogP contribution in [0.5, 0.6) is 0 Å².